The third kappa shape index (κ3) is 2.77. The second-order valence-electron chi connectivity index (χ2n) is 7.65. The standard InChI is InChI=1S/C24H20N2O4S/c1-30-23(29)24(15-9-4-2-5-10-15)19-18(20(25-24)17-13-8-14-31-17)21(27)26(22(19)28)16-11-6-3-7-12-16/h2-14,18-20,25H,1H3/t18-,19+,20-,24-/m1/s1. The molecule has 3 aromatic rings. The Bertz CT molecular complexity index is 1130. The molecule has 1 aromatic heterocycles. The Morgan fingerprint density at radius 2 is 1.65 bits per heavy atom. The average Bonchev–Trinajstić information content (AvgIpc) is 3.51. The molecule has 7 heteroatoms. The normalized spacial score (nSPS) is 27.4. The van der Waals surface area contributed by atoms with Crippen LogP contribution in [0.3, 0.4) is 0 Å². The highest BCUT2D eigenvalue weighted by molar-refractivity contribution is 7.10. The van der Waals surface area contributed by atoms with Crippen molar-refractivity contribution in [3.05, 3.63) is 88.6 Å². The lowest BCUT2D eigenvalue weighted by atomic mass is 9.75. The van der Waals surface area contributed by atoms with Crippen molar-refractivity contribution in [3.8, 4) is 0 Å². The first kappa shape index (κ1) is 19.7. The van der Waals surface area contributed by atoms with Gasteiger partial charge < -0.3 is 4.74 Å². The van der Waals surface area contributed by atoms with Crippen LogP contribution in [0.2, 0.25) is 0 Å². The minimum absolute atomic E-state index is 0.311. The fourth-order valence-electron chi connectivity index (χ4n) is 4.88. The van der Waals surface area contributed by atoms with Gasteiger partial charge in [0.1, 0.15) is 0 Å². The lowest BCUT2D eigenvalue weighted by Crippen LogP contribution is -2.53. The van der Waals surface area contributed by atoms with E-state index in [1.54, 1.807) is 36.4 Å². The van der Waals surface area contributed by atoms with Gasteiger partial charge >= 0.3 is 5.97 Å². The summed E-state index contributed by atoms with van der Waals surface area (Å²) in [5, 5.41) is 5.30. The molecule has 0 spiro atoms. The Morgan fingerprint density at radius 1 is 0.968 bits per heavy atom. The molecular formula is C24H20N2O4S. The molecule has 1 N–H and O–H groups in total. The maximum absolute atomic E-state index is 13.8. The molecule has 0 saturated carbocycles. The van der Waals surface area contributed by atoms with E-state index in [0.717, 1.165) is 4.88 Å². The molecule has 3 heterocycles. The van der Waals surface area contributed by atoms with Gasteiger partial charge in [-0.15, -0.1) is 11.3 Å². The molecule has 2 aliphatic heterocycles. The second kappa shape index (κ2) is 7.44. The number of benzene rings is 2. The number of hydrogen-bond donors (Lipinski definition) is 1. The number of imide groups is 1. The number of methoxy groups -OCH3 is 1. The number of carbonyl (C=O) groups excluding carboxylic acids is 3. The summed E-state index contributed by atoms with van der Waals surface area (Å²) in [5.74, 6) is -2.95. The Kier molecular flexibility index (Phi) is 4.72. The lowest BCUT2D eigenvalue weighted by Gasteiger charge is -2.32. The van der Waals surface area contributed by atoms with Gasteiger partial charge in [-0.25, -0.2) is 9.69 Å². The fraction of sp³-hybridized carbons (Fsp3) is 0.208. The van der Waals surface area contributed by atoms with E-state index in [1.165, 1.54) is 23.3 Å². The van der Waals surface area contributed by atoms with E-state index in [-0.39, 0.29) is 5.91 Å². The number of ether oxygens (including phenoxy) is 1. The summed E-state index contributed by atoms with van der Waals surface area (Å²) >= 11 is 1.49. The Hall–Kier alpha value is -3.29. The minimum Gasteiger partial charge on any atom is -0.467 e. The van der Waals surface area contributed by atoms with Crippen molar-refractivity contribution < 1.29 is 19.1 Å². The Balaban J connectivity index is 1.73. The Labute approximate surface area is 183 Å². The molecule has 156 valence electrons. The zero-order valence-corrected chi connectivity index (χ0v) is 17.5. The van der Waals surface area contributed by atoms with Gasteiger partial charge in [0.05, 0.1) is 30.7 Å². The number of para-hydroxylation sites is 1. The van der Waals surface area contributed by atoms with Crippen LogP contribution >= 0.6 is 11.3 Å². The predicted octanol–water partition coefficient (Wildman–Crippen LogP) is 3.27. The van der Waals surface area contributed by atoms with Crippen molar-refractivity contribution in [2.45, 2.75) is 11.6 Å². The van der Waals surface area contributed by atoms with Crippen LogP contribution in [0.1, 0.15) is 16.5 Å². The SMILES string of the molecule is COC(=O)[C@]1(c2ccccc2)N[C@H](c2cccs2)[C@@H]2C(=O)N(c3ccccc3)C(=O)[C@H]21. The number of thiophene rings is 1. The molecular weight excluding hydrogens is 412 g/mol. The fourth-order valence-corrected chi connectivity index (χ4v) is 5.71. The van der Waals surface area contributed by atoms with E-state index in [0.29, 0.717) is 11.3 Å². The first-order chi connectivity index (χ1) is 15.1. The molecule has 0 aliphatic carbocycles. The number of hydrogen-bond acceptors (Lipinski definition) is 6. The van der Waals surface area contributed by atoms with E-state index in [4.69, 9.17) is 4.74 Å². The predicted molar refractivity (Wildman–Crippen MR) is 116 cm³/mol. The number of nitrogens with zero attached hydrogens (tertiary/aromatic N) is 1. The quantitative estimate of drug-likeness (QED) is 0.506. The van der Waals surface area contributed by atoms with Gasteiger partial charge in [0.15, 0.2) is 5.54 Å². The smallest absolute Gasteiger partial charge is 0.331 e. The van der Waals surface area contributed by atoms with Crippen molar-refractivity contribution >= 4 is 34.8 Å². The molecule has 2 amide bonds. The summed E-state index contributed by atoms with van der Waals surface area (Å²) in [5.41, 5.74) is -0.360. The second-order valence-corrected chi connectivity index (χ2v) is 8.63. The highest BCUT2D eigenvalue weighted by Gasteiger charge is 2.69. The number of amides is 2. The number of nitrogens with one attached hydrogen (secondary N) is 1. The third-order valence-electron chi connectivity index (χ3n) is 6.16. The number of fused-ring (bicyclic) bond motifs is 1. The molecule has 0 bridgehead atoms. The van der Waals surface area contributed by atoms with Crippen molar-refractivity contribution in [2.75, 3.05) is 12.0 Å². The van der Waals surface area contributed by atoms with Crippen LogP contribution in [0.5, 0.6) is 0 Å². The van der Waals surface area contributed by atoms with Crippen molar-refractivity contribution in [1.29, 1.82) is 0 Å². The number of rotatable bonds is 4. The number of esters is 1. The van der Waals surface area contributed by atoms with Crippen molar-refractivity contribution in [3.63, 3.8) is 0 Å². The van der Waals surface area contributed by atoms with Crippen LogP contribution in [0.15, 0.2) is 78.2 Å². The zero-order chi connectivity index (χ0) is 21.6. The summed E-state index contributed by atoms with van der Waals surface area (Å²) in [6.07, 6.45) is 0. The first-order valence-corrected chi connectivity index (χ1v) is 10.9. The molecule has 6 nitrogen and oxygen atoms in total. The van der Waals surface area contributed by atoms with Crippen molar-refractivity contribution in [2.24, 2.45) is 11.8 Å². The first-order valence-electron chi connectivity index (χ1n) is 9.97. The van der Waals surface area contributed by atoms with E-state index >= 15 is 0 Å². The maximum atomic E-state index is 13.8. The average molecular weight is 433 g/mol. The van der Waals surface area contributed by atoms with Crippen LogP contribution in [0.4, 0.5) is 5.69 Å². The lowest BCUT2D eigenvalue weighted by molar-refractivity contribution is -0.152. The van der Waals surface area contributed by atoms with E-state index in [2.05, 4.69) is 5.32 Å². The molecule has 2 fully saturated rings. The van der Waals surface area contributed by atoms with Crippen LogP contribution in [0.25, 0.3) is 0 Å². The van der Waals surface area contributed by atoms with Gasteiger partial charge in [-0.3, -0.25) is 14.9 Å². The van der Waals surface area contributed by atoms with Gasteiger partial charge in [-0.2, -0.15) is 0 Å². The summed E-state index contributed by atoms with van der Waals surface area (Å²) in [7, 11) is 1.30. The van der Waals surface area contributed by atoms with Crippen LogP contribution < -0.4 is 10.2 Å². The summed E-state index contributed by atoms with van der Waals surface area (Å²) in [6.45, 7) is 0. The van der Waals surface area contributed by atoms with Gasteiger partial charge in [0.2, 0.25) is 11.8 Å². The number of carbonyl (C=O) groups is 3. The minimum atomic E-state index is -1.47. The maximum Gasteiger partial charge on any atom is 0.331 e. The van der Waals surface area contributed by atoms with E-state index < -0.39 is 35.3 Å². The largest absolute Gasteiger partial charge is 0.467 e. The molecule has 2 aliphatic rings. The highest BCUT2D eigenvalue weighted by atomic mass is 32.1. The molecule has 0 radical (unpaired) electrons. The van der Waals surface area contributed by atoms with E-state index in [9.17, 15) is 14.4 Å². The van der Waals surface area contributed by atoms with Crippen LogP contribution in [-0.2, 0) is 24.7 Å². The van der Waals surface area contributed by atoms with Gasteiger partial charge in [-0.1, -0.05) is 54.6 Å². The van der Waals surface area contributed by atoms with Crippen molar-refractivity contribution in [1.82, 2.24) is 5.32 Å². The monoisotopic (exact) mass is 432 g/mol. The molecule has 2 saturated heterocycles. The molecule has 2 aromatic carbocycles. The molecule has 5 rings (SSSR count). The zero-order valence-electron chi connectivity index (χ0n) is 16.7. The third-order valence-corrected chi connectivity index (χ3v) is 7.12. The van der Waals surface area contributed by atoms with Gasteiger partial charge in [0, 0.05) is 4.88 Å². The van der Waals surface area contributed by atoms with Crippen LogP contribution in [0, 0.1) is 11.8 Å². The van der Waals surface area contributed by atoms with E-state index in [1.807, 2.05) is 41.8 Å². The summed E-state index contributed by atoms with van der Waals surface area (Å²) in [6, 6.07) is 21.2. The Morgan fingerprint density at radius 3 is 2.26 bits per heavy atom. The topological polar surface area (TPSA) is 75.7 Å². The summed E-state index contributed by atoms with van der Waals surface area (Å²) in [4.78, 5) is 42.9. The molecule has 4 atom stereocenters. The van der Waals surface area contributed by atoms with Crippen LogP contribution in [-0.4, -0.2) is 24.9 Å². The number of anilines is 1. The molecule has 0 unspecified atom stereocenters. The van der Waals surface area contributed by atoms with Gasteiger partial charge in [0.25, 0.3) is 0 Å². The highest BCUT2D eigenvalue weighted by Crippen LogP contribution is 2.54. The molecule has 31 heavy (non-hydrogen) atoms. The summed E-state index contributed by atoms with van der Waals surface area (Å²) < 4.78 is 5.21. The van der Waals surface area contributed by atoms with Gasteiger partial charge in [-0.05, 0) is 29.1 Å².